The quantitative estimate of drug-likeness (QED) is 0.311. The average Bonchev–Trinajstić information content (AvgIpc) is 3.31. The molecule has 0 unspecified atom stereocenters. The van der Waals surface area contributed by atoms with Crippen molar-refractivity contribution < 1.29 is 0 Å². The zero-order valence-corrected chi connectivity index (χ0v) is 16.3. The molecule has 6 heteroatoms. The number of benzene rings is 2. The van der Waals surface area contributed by atoms with Crippen LogP contribution in [0.25, 0.3) is 32.4 Å². The van der Waals surface area contributed by atoms with Gasteiger partial charge >= 0.3 is 0 Å². The van der Waals surface area contributed by atoms with Gasteiger partial charge in [0.15, 0.2) is 0 Å². The SMILES string of the molecule is Cc1ccc(-c2csc3ncnc(SCc4nc5ccccc5[nH]4)c23)cc1. The number of nitrogens with one attached hydrogen (secondary N) is 1. The number of hydrogen-bond acceptors (Lipinski definition) is 5. The standard InChI is InChI=1S/C21H16N4S2/c1-13-6-8-14(9-7-13)15-10-26-20-19(15)21(23-12-22-20)27-11-18-24-16-4-2-3-5-17(16)25-18/h2-10,12H,11H2,1H3,(H,24,25). The summed E-state index contributed by atoms with van der Waals surface area (Å²) in [7, 11) is 0. The van der Waals surface area contributed by atoms with Crippen LogP contribution < -0.4 is 0 Å². The number of thiophene rings is 1. The predicted molar refractivity (Wildman–Crippen MR) is 113 cm³/mol. The zero-order valence-electron chi connectivity index (χ0n) is 14.6. The Kier molecular flexibility index (Phi) is 4.14. The number of para-hydroxylation sites is 2. The van der Waals surface area contributed by atoms with Crippen molar-refractivity contribution in [2.45, 2.75) is 17.7 Å². The van der Waals surface area contributed by atoms with E-state index in [-0.39, 0.29) is 0 Å². The first-order valence-corrected chi connectivity index (χ1v) is 10.5. The van der Waals surface area contributed by atoms with Crippen molar-refractivity contribution in [1.82, 2.24) is 19.9 Å². The summed E-state index contributed by atoms with van der Waals surface area (Å²) >= 11 is 3.36. The number of nitrogens with zero attached hydrogens (tertiary/aromatic N) is 3. The van der Waals surface area contributed by atoms with Crippen LogP contribution in [0, 0.1) is 6.92 Å². The number of H-pyrrole nitrogens is 1. The Morgan fingerprint density at radius 1 is 1.04 bits per heavy atom. The predicted octanol–water partition coefficient (Wildman–Crippen LogP) is 5.84. The minimum absolute atomic E-state index is 0.740. The summed E-state index contributed by atoms with van der Waals surface area (Å²) in [5.74, 6) is 1.70. The third kappa shape index (κ3) is 3.11. The van der Waals surface area contributed by atoms with E-state index < -0.39 is 0 Å². The first kappa shape index (κ1) is 16.5. The molecule has 3 heterocycles. The van der Waals surface area contributed by atoms with E-state index in [2.05, 4.69) is 56.5 Å². The number of fused-ring (bicyclic) bond motifs is 2. The highest BCUT2D eigenvalue weighted by atomic mass is 32.2. The molecule has 2 aromatic carbocycles. The summed E-state index contributed by atoms with van der Waals surface area (Å²) in [6, 6.07) is 16.7. The maximum Gasteiger partial charge on any atom is 0.128 e. The van der Waals surface area contributed by atoms with E-state index in [0.29, 0.717) is 0 Å². The highest BCUT2D eigenvalue weighted by molar-refractivity contribution is 7.98. The minimum Gasteiger partial charge on any atom is -0.341 e. The molecular formula is C21H16N4S2. The molecule has 3 aromatic heterocycles. The van der Waals surface area contributed by atoms with Gasteiger partial charge in [0.25, 0.3) is 0 Å². The summed E-state index contributed by atoms with van der Waals surface area (Å²) in [5.41, 5.74) is 5.72. The molecule has 0 aliphatic heterocycles. The van der Waals surface area contributed by atoms with Crippen LogP contribution in [0.2, 0.25) is 0 Å². The second kappa shape index (κ2) is 6.79. The molecule has 0 amide bonds. The van der Waals surface area contributed by atoms with E-state index in [9.17, 15) is 0 Å². The van der Waals surface area contributed by atoms with Crippen LogP contribution in [0.3, 0.4) is 0 Å². The number of thioether (sulfide) groups is 1. The normalized spacial score (nSPS) is 11.4. The molecule has 27 heavy (non-hydrogen) atoms. The Hall–Kier alpha value is -2.70. The molecule has 1 N–H and O–H groups in total. The summed E-state index contributed by atoms with van der Waals surface area (Å²) in [5, 5.41) is 4.31. The zero-order chi connectivity index (χ0) is 18.2. The molecule has 0 aliphatic rings. The number of hydrogen-bond donors (Lipinski definition) is 1. The average molecular weight is 389 g/mol. The highest BCUT2D eigenvalue weighted by Gasteiger charge is 2.14. The number of aromatic amines is 1. The Labute approximate surface area is 164 Å². The van der Waals surface area contributed by atoms with Gasteiger partial charge in [-0.25, -0.2) is 15.0 Å². The maximum absolute atomic E-state index is 4.67. The van der Waals surface area contributed by atoms with Crippen LogP contribution in [-0.2, 0) is 5.75 Å². The lowest BCUT2D eigenvalue weighted by Crippen LogP contribution is -1.89. The molecule has 0 spiro atoms. The van der Waals surface area contributed by atoms with Gasteiger partial charge in [-0.05, 0) is 24.6 Å². The van der Waals surface area contributed by atoms with Crippen molar-refractivity contribution in [3.63, 3.8) is 0 Å². The van der Waals surface area contributed by atoms with Crippen molar-refractivity contribution in [2.75, 3.05) is 0 Å². The number of imidazole rings is 1. The lowest BCUT2D eigenvalue weighted by molar-refractivity contribution is 1.09. The number of aromatic nitrogens is 4. The molecule has 0 aliphatic carbocycles. The minimum atomic E-state index is 0.740. The molecular weight excluding hydrogens is 372 g/mol. The number of aryl methyl sites for hydroxylation is 1. The fourth-order valence-corrected chi connectivity index (χ4v) is 4.98. The lowest BCUT2D eigenvalue weighted by atomic mass is 10.1. The van der Waals surface area contributed by atoms with E-state index in [4.69, 9.17) is 0 Å². The summed E-state index contributed by atoms with van der Waals surface area (Å²) in [6.07, 6.45) is 1.65. The highest BCUT2D eigenvalue weighted by Crippen LogP contribution is 2.38. The third-order valence-electron chi connectivity index (χ3n) is 4.48. The van der Waals surface area contributed by atoms with Gasteiger partial charge in [0.05, 0.1) is 22.2 Å². The Bertz CT molecular complexity index is 1210. The molecule has 0 bridgehead atoms. The first-order valence-electron chi connectivity index (χ1n) is 8.63. The van der Waals surface area contributed by atoms with Crippen molar-refractivity contribution in [3.8, 4) is 11.1 Å². The Morgan fingerprint density at radius 3 is 2.74 bits per heavy atom. The van der Waals surface area contributed by atoms with E-state index in [1.807, 2.05) is 24.3 Å². The fourth-order valence-electron chi connectivity index (χ4n) is 3.11. The molecule has 0 fully saturated rings. The molecule has 0 saturated carbocycles. The van der Waals surface area contributed by atoms with Crippen molar-refractivity contribution >= 4 is 44.3 Å². The van der Waals surface area contributed by atoms with Crippen molar-refractivity contribution in [3.05, 3.63) is 71.6 Å². The van der Waals surface area contributed by atoms with E-state index in [0.717, 1.165) is 37.9 Å². The van der Waals surface area contributed by atoms with Gasteiger partial charge in [-0.1, -0.05) is 53.7 Å². The van der Waals surface area contributed by atoms with Gasteiger partial charge in [-0.2, -0.15) is 0 Å². The smallest absolute Gasteiger partial charge is 0.128 e. The second-order valence-electron chi connectivity index (χ2n) is 6.36. The van der Waals surface area contributed by atoms with Gasteiger partial charge < -0.3 is 4.98 Å². The largest absolute Gasteiger partial charge is 0.341 e. The van der Waals surface area contributed by atoms with E-state index in [1.54, 1.807) is 29.4 Å². The lowest BCUT2D eigenvalue weighted by Gasteiger charge is -2.05. The van der Waals surface area contributed by atoms with Crippen LogP contribution >= 0.6 is 23.1 Å². The van der Waals surface area contributed by atoms with E-state index >= 15 is 0 Å². The van der Waals surface area contributed by atoms with Crippen LogP contribution in [0.5, 0.6) is 0 Å². The van der Waals surface area contributed by atoms with Crippen LogP contribution in [-0.4, -0.2) is 19.9 Å². The molecule has 5 rings (SSSR count). The summed E-state index contributed by atoms with van der Waals surface area (Å²) in [6.45, 7) is 2.10. The topological polar surface area (TPSA) is 54.5 Å². The van der Waals surface area contributed by atoms with Gasteiger partial charge in [-0.3, -0.25) is 0 Å². The van der Waals surface area contributed by atoms with Gasteiger partial charge in [0.2, 0.25) is 0 Å². The molecule has 132 valence electrons. The van der Waals surface area contributed by atoms with Gasteiger partial charge in [0.1, 0.15) is 22.0 Å². The molecule has 0 saturated heterocycles. The molecule has 4 nitrogen and oxygen atoms in total. The van der Waals surface area contributed by atoms with Crippen LogP contribution in [0.4, 0.5) is 0 Å². The third-order valence-corrected chi connectivity index (χ3v) is 6.37. The van der Waals surface area contributed by atoms with Crippen LogP contribution in [0.15, 0.2) is 65.3 Å². The number of rotatable bonds is 4. The summed E-state index contributed by atoms with van der Waals surface area (Å²) in [4.78, 5) is 18.1. The van der Waals surface area contributed by atoms with Crippen molar-refractivity contribution in [1.29, 1.82) is 0 Å². The summed E-state index contributed by atoms with van der Waals surface area (Å²) < 4.78 is 0. The Morgan fingerprint density at radius 2 is 1.89 bits per heavy atom. The monoisotopic (exact) mass is 388 g/mol. The van der Waals surface area contributed by atoms with Crippen molar-refractivity contribution in [2.24, 2.45) is 0 Å². The first-order chi connectivity index (χ1) is 13.3. The fraction of sp³-hybridized carbons (Fsp3) is 0.0952. The second-order valence-corrected chi connectivity index (χ2v) is 8.19. The van der Waals surface area contributed by atoms with Gasteiger partial charge in [0, 0.05) is 10.9 Å². The van der Waals surface area contributed by atoms with Gasteiger partial charge in [-0.15, -0.1) is 11.3 Å². The van der Waals surface area contributed by atoms with Crippen LogP contribution in [0.1, 0.15) is 11.4 Å². The Balaban J connectivity index is 1.51. The molecule has 0 radical (unpaired) electrons. The maximum atomic E-state index is 4.67. The molecule has 5 aromatic rings. The van der Waals surface area contributed by atoms with E-state index in [1.165, 1.54) is 16.7 Å². The molecule has 0 atom stereocenters.